The first-order chi connectivity index (χ1) is 8.81. The van der Waals surface area contributed by atoms with Gasteiger partial charge in [0, 0.05) is 26.2 Å². The Balaban J connectivity index is 3.90. The zero-order valence-electron chi connectivity index (χ0n) is 12.9. The molecule has 0 aliphatic rings. The highest BCUT2D eigenvalue weighted by Crippen LogP contribution is 1.97. The van der Waals surface area contributed by atoms with Crippen molar-refractivity contribution < 1.29 is 8.42 Å². The van der Waals surface area contributed by atoms with Gasteiger partial charge in [-0.2, -0.15) is 12.7 Å². The standard InChI is InChI=1S/C12H30N4O2S/c1-12(2)15(4)10-7-9-14-19(17,18)16(5)11-6-8-13-3/h12-14H,6-11H2,1-5H3. The van der Waals surface area contributed by atoms with E-state index in [-0.39, 0.29) is 0 Å². The van der Waals surface area contributed by atoms with Crippen molar-refractivity contribution in [3.63, 3.8) is 0 Å². The van der Waals surface area contributed by atoms with E-state index < -0.39 is 10.2 Å². The van der Waals surface area contributed by atoms with Crippen LogP contribution in [0.1, 0.15) is 26.7 Å². The zero-order valence-corrected chi connectivity index (χ0v) is 13.8. The third kappa shape index (κ3) is 8.54. The Morgan fingerprint density at radius 3 is 2.16 bits per heavy atom. The van der Waals surface area contributed by atoms with Crippen LogP contribution < -0.4 is 10.0 Å². The predicted octanol–water partition coefficient (Wildman–Crippen LogP) is 0.0924. The first-order valence-electron chi connectivity index (χ1n) is 6.87. The minimum Gasteiger partial charge on any atom is -0.320 e. The van der Waals surface area contributed by atoms with Crippen molar-refractivity contribution in [1.82, 2.24) is 19.2 Å². The van der Waals surface area contributed by atoms with Crippen molar-refractivity contribution in [2.24, 2.45) is 0 Å². The van der Waals surface area contributed by atoms with Gasteiger partial charge in [0.05, 0.1) is 0 Å². The number of nitrogens with one attached hydrogen (secondary N) is 2. The highest BCUT2D eigenvalue weighted by Gasteiger charge is 2.16. The van der Waals surface area contributed by atoms with Crippen LogP contribution in [0.25, 0.3) is 0 Å². The Kier molecular flexibility index (Phi) is 9.55. The smallest absolute Gasteiger partial charge is 0.279 e. The largest absolute Gasteiger partial charge is 0.320 e. The van der Waals surface area contributed by atoms with E-state index in [1.54, 1.807) is 7.05 Å². The molecule has 19 heavy (non-hydrogen) atoms. The van der Waals surface area contributed by atoms with E-state index in [1.165, 1.54) is 4.31 Å². The quantitative estimate of drug-likeness (QED) is 0.530. The predicted molar refractivity (Wildman–Crippen MR) is 80.5 cm³/mol. The molecule has 0 amide bonds. The molecule has 0 aromatic carbocycles. The van der Waals surface area contributed by atoms with Gasteiger partial charge in [-0.3, -0.25) is 0 Å². The summed E-state index contributed by atoms with van der Waals surface area (Å²) in [6, 6.07) is 0.487. The van der Waals surface area contributed by atoms with Crippen molar-refractivity contribution in [3.05, 3.63) is 0 Å². The highest BCUT2D eigenvalue weighted by molar-refractivity contribution is 7.87. The summed E-state index contributed by atoms with van der Waals surface area (Å²) in [5.41, 5.74) is 0. The van der Waals surface area contributed by atoms with Crippen LogP contribution in [0.3, 0.4) is 0 Å². The van der Waals surface area contributed by atoms with Gasteiger partial charge < -0.3 is 10.2 Å². The lowest BCUT2D eigenvalue weighted by molar-refractivity contribution is 0.271. The third-order valence-corrected chi connectivity index (χ3v) is 4.74. The summed E-state index contributed by atoms with van der Waals surface area (Å²) in [6.07, 6.45) is 1.63. The molecule has 0 aliphatic carbocycles. The molecule has 0 rings (SSSR count). The summed E-state index contributed by atoms with van der Waals surface area (Å²) in [5, 5.41) is 3.00. The molecular weight excluding hydrogens is 264 g/mol. The summed E-state index contributed by atoms with van der Waals surface area (Å²) >= 11 is 0. The Bertz CT molecular complexity index is 320. The summed E-state index contributed by atoms with van der Waals surface area (Å²) in [7, 11) is 2.19. The molecule has 0 aromatic heterocycles. The van der Waals surface area contributed by atoms with Crippen LogP contribution in [0.5, 0.6) is 0 Å². The molecule has 0 aliphatic heterocycles. The maximum Gasteiger partial charge on any atom is 0.279 e. The molecule has 0 spiro atoms. The minimum atomic E-state index is -3.32. The average Bonchev–Trinajstić information content (AvgIpc) is 2.34. The van der Waals surface area contributed by atoms with Crippen LogP contribution >= 0.6 is 0 Å². The topological polar surface area (TPSA) is 64.7 Å². The van der Waals surface area contributed by atoms with Crippen molar-refractivity contribution in [1.29, 1.82) is 0 Å². The Hall–Kier alpha value is -0.210. The molecule has 0 bridgehead atoms. The third-order valence-electron chi connectivity index (χ3n) is 3.16. The molecule has 7 heteroatoms. The fourth-order valence-corrected chi connectivity index (χ4v) is 2.49. The molecule has 2 N–H and O–H groups in total. The molecular formula is C12H30N4O2S. The van der Waals surface area contributed by atoms with Gasteiger partial charge in [0.2, 0.25) is 0 Å². The maximum absolute atomic E-state index is 11.9. The summed E-state index contributed by atoms with van der Waals surface area (Å²) in [4.78, 5) is 2.20. The molecule has 0 saturated heterocycles. The molecule has 6 nitrogen and oxygen atoms in total. The summed E-state index contributed by atoms with van der Waals surface area (Å²) in [5.74, 6) is 0. The summed E-state index contributed by atoms with van der Waals surface area (Å²) in [6.45, 7) is 6.97. The number of rotatable bonds is 11. The summed E-state index contributed by atoms with van der Waals surface area (Å²) < 4.78 is 27.8. The molecule has 0 aromatic rings. The molecule has 0 heterocycles. The van der Waals surface area contributed by atoms with Gasteiger partial charge in [-0.1, -0.05) is 0 Å². The van der Waals surface area contributed by atoms with E-state index in [9.17, 15) is 8.42 Å². The Morgan fingerprint density at radius 2 is 1.63 bits per heavy atom. The molecule has 0 fully saturated rings. The van der Waals surface area contributed by atoms with E-state index in [0.717, 1.165) is 25.9 Å². The van der Waals surface area contributed by atoms with Gasteiger partial charge in [-0.25, -0.2) is 4.72 Å². The first kappa shape index (κ1) is 18.8. The lowest BCUT2D eigenvalue weighted by Crippen LogP contribution is -2.40. The average molecular weight is 294 g/mol. The van der Waals surface area contributed by atoms with Crippen molar-refractivity contribution in [2.45, 2.75) is 32.7 Å². The van der Waals surface area contributed by atoms with Crippen LogP contribution in [0.2, 0.25) is 0 Å². The first-order valence-corrected chi connectivity index (χ1v) is 8.31. The van der Waals surface area contributed by atoms with Crippen molar-refractivity contribution in [3.8, 4) is 0 Å². The second-order valence-corrected chi connectivity index (χ2v) is 6.97. The van der Waals surface area contributed by atoms with Crippen LogP contribution in [0.4, 0.5) is 0 Å². The van der Waals surface area contributed by atoms with Gasteiger partial charge in [-0.15, -0.1) is 0 Å². The van der Waals surface area contributed by atoms with E-state index in [2.05, 4.69) is 28.8 Å². The second kappa shape index (κ2) is 9.66. The van der Waals surface area contributed by atoms with Crippen LogP contribution in [0.15, 0.2) is 0 Å². The van der Waals surface area contributed by atoms with Crippen LogP contribution in [-0.4, -0.2) is 71.0 Å². The van der Waals surface area contributed by atoms with Crippen LogP contribution in [-0.2, 0) is 10.2 Å². The molecule has 0 atom stereocenters. The SMILES string of the molecule is CNCCCN(C)S(=O)(=O)NCCCN(C)C(C)C. The fourth-order valence-electron chi connectivity index (χ4n) is 1.50. The number of hydrogen-bond donors (Lipinski definition) is 2. The van der Waals surface area contributed by atoms with Gasteiger partial charge >= 0.3 is 0 Å². The van der Waals surface area contributed by atoms with E-state index in [1.807, 2.05) is 14.1 Å². The Labute approximate surface area is 118 Å². The molecule has 0 saturated carbocycles. The van der Waals surface area contributed by atoms with E-state index in [0.29, 0.717) is 19.1 Å². The zero-order chi connectivity index (χ0) is 14.9. The number of nitrogens with zero attached hydrogens (tertiary/aromatic N) is 2. The minimum absolute atomic E-state index is 0.482. The molecule has 116 valence electrons. The second-order valence-electron chi connectivity index (χ2n) is 5.11. The van der Waals surface area contributed by atoms with Crippen molar-refractivity contribution in [2.75, 3.05) is 47.3 Å². The molecule has 0 unspecified atom stereocenters. The van der Waals surface area contributed by atoms with Gasteiger partial charge in [-0.05, 0) is 53.9 Å². The normalized spacial score (nSPS) is 12.8. The van der Waals surface area contributed by atoms with Gasteiger partial charge in [0.1, 0.15) is 0 Å². The van der Waals surface area contributed by atoms with Crippen molar-refractivity contribution >= 4 is 10.2 Å². The maximum atomic E-state index is 11.9. The monoisotopic (exact) mass is 294 g/mol. The fraction of sp³-hybridized carbons (Fsp3) is 1.00. The molecule has 0 radical (unpaired) electrons. The highest BCUT2D eigenvalue weighted by atomic mass is 32.2. The van der Waals surface area contributed by atoms with Gasteiger partial charge in [0.15, 0.2) is 0 Å². The lowest BCUT2D eigenvalue weighted by atomic mass is 10.3. The number of hydrogen-bond acceptors (Lipinski definition) is 4. The van der Waals surface area contributed by atoms with E-state index in [4.69, 9.17) is 0 Å². The van der Waals surface area contributed by atoms with Gasteiger partial charge in [0.25, 0.3) is 10.2 Å². The Morgan fingerprint density at radius 1 is 1.05 bits per heavy atom. The lowest BCUT2D eigenvalue weighted by Gasteiger charge is -2.21. The van der Waals surface area contributed by atoms with E-state index >= 15 is 0 Å². The van der Waals surface area contributed by atoms with Crippen LogP contribution in [0, 0.1) is 0 Å².